The highest BCUT2D eigenvalue weighted by Gasteiger charge is 2.44. The maximum absolute atomic E-state index is 12.9. The van der Waals surface area contributed by atoms with Crippen molar-refractivity contribution in [2.45, 2.75) is 37.1 Å². The molecule has 1 fully saturated rings. The minimum absolute atomic E-state index is 0.166. The van der Waals surface area contributed by atoms with E-state index in [4.69, 9.17) is 9.29 Å². The van der Waals surface area contributed by atoms with Crippen molar-refractivity contribution < 1.29 is 22.5 Å². The van der Waals surface area contributed by atoms with E-state index in [1.54, 1.807) is 29.0 Å². The molecule has 0 spiro atoms. The van der Waals surface area contributed by atoms with Crippen LogP contribution in [-0.2, 0) is 20.5 Å². The van der Waals surface area contributed by atoms with Gasteiger partial charge in [-0.05, 0) is 55.5 Å². The molecule has 28 heavy (non-hydrogen) atoms. The number of para-hydroxylation sites is 1. The average molecular weight is 404 g/mol. The highest BCUT2D eigenvalue weighted by Crippen LogP contribution is 2.41. The molecule has 2 aromatic rings. The lowest BCUT2D eigenvalue weighted by Crippen LogP contribution is -2.49. The Morgan fingerprint density at radius 3 is 2.39 bits per heavy atom. The molecular weight excluding hydrogens is 380 g/mol. The van der Waals surface area contributed by atoms with Crippen LogP contribution < -0.4 is 14.8 Å². The molecule has 1 amide bonds. The molecule has 0 radical (unpaired) electrons. The van der Waals surface area contributed by atoms with Gasteiger partial charge in [0.25, 0.3) is 0 Å². The van der Waals surface area contributed by atoms with Crippen molar-refractivity contribution in [2.24, 2.45) is 0 Å². The number of amides is 1. The van der Waals surface area contributed by atoms with Crippen molar-refractivity contribution in [1.82, 2.24) is 4.72 Å². The van der Waals surface area contributed by atoms with Gasteiger partial charge < -0.3 is 10.1 Å². The maximum Gasteiger partial charge on any atom is 0.359 e. The van der Waals surface area contributed by atoms with Gasteiger partial charge in [0.05, 0.1) is 12.5 Å². The van der Waals surface area contributed by atoms with E-state index in [9.17, 15) is 13.2 Å². The van der Waals surface area contributed by atoms with Crippen LogP contribution in [0, 0.1) is 0 Å². The number of benzene rings is 2. The second-order valence-corrected chi connectivity index (χ2v) is 8.16. The normalized spacial score (nSPS) is 22.3. The van der Waals surface area contributed by atoms with E-state index in [1.807, 2.05) is 30.3 Å². The van der Waals surface area contributed by atoms with Crippen LogP contribution in [0.5, 0.6) is 5.75 Å². The number of rotatable bonds is 6. The number of hydrogen-bond acceptors (Lipinski definition) is 5. The molecule has 150 valence electrons. The van der Waals surface area contributed by atoms with Crippen LogP contribution in [0.4, 0.5) is 5.69 Å². The van der Waals surface area contributed by atoms with E-state index in [0.29, 0.717) is 37.0 Å². The Bertz CT molecular complexity index is 923. The molecule has 1 aliphatic rings. The minimum atomic E-state index is -4.64. The summed E-state index contributed by atoms with van der Waals surface area (Å²) in [5.41, 5.74) is 0.620. The third kappa shape index (κ3) is 4.63. The zero-order valence-electron chi connectivity index (χ0n) is 15.6. The average Bonchev–Trinajstić information content (AvgIpc) is 2.68. The molecule has 0 heterocycles. The summed E-state index contributed by atoms with van der Waals surface area (Å²) >= 11 is 0. The fourth-order valence-corrected chi connectivity index (χ4v) is 4.24. The predicted octanol–water partition coefficient (Wildman–Crippen LogP) is 2.91. The lowest BCUT2D eigenvalue weighted by atomic mass is 9.67. The largest absolute Gasteiger partial charge is 0.497 e. The van der Waals surface area contributed by atoms with E-state index in [1.165, 1.54) is 7.11 Å². The van der Waals surface area contributed by atoms with Gasteiger partial charge >= 0.3 is 10.3 Å². The molecule has 0 atom stereocenters. The number of carbonyl (C=O) groups is 1. The number of methoxy groups -OCH3 is 1. The summed E-state index contributed by atoms with van der Waals surface area (Å²) in [6, 6.07) is 17.0. The van der Waals surface area contributed by atoms with Gasteiger partial charge in [-0.25, -0.2) is 4.72 Å². The molecule has 1 saturated carbocycles. The standard InChI is InChI=1S/C20H24N2O5S/c1-27-18-9-5-6-15(14-18)20(19(23)22-28(24,25)26)12-10-17(11-13-20)21-16-7-3-2-4-8-16/h2-9,14,17,21H,10-13H2,1H3,(H,22,23)(H,24,25,26). The second kappa shape index (κ2) is 8.20. The van der Waals surface area contributed by atoms with Gasteiger partial charge in [0, 0.05) is 11.7 Å². The third-order valence-electron chi connectivity index (χ3n) is 5.26. The first-order valence-electron chi connectivity index (χ1n) is 9.08. The van der Waals surface area contributed by atoms with Gasteiger partial charge in [-0.2, -0.15) is 8.42 Å². The van der Waals surface area contributed by atoms with Crippen LogP contribution >= 0.6 is 0 Å². The van der Waals surface area contributed by atoms with Crippen LogP contribution in [0.15, 0.2) is 54.6 Å². The molecular formula is C20H24N2O5S. The number of nitrogens with one attached hydrogen (secondary N) is 2. The lowest BCUT2D eigenvalue weighted by Gasteiger charge is -2.39. The first kappa shape index (κ1) is 20.2. The number of carbonyl (C=O) groups excluding carboxylic acids is 1. The van der Waals surface area contributed by atoms with Crippen molar-refractivity contribution in [1.29, 1.82) is 0 Å². The highest BCUT2D eigenvalue weighted by molar-refractivity contribution is 7.84. The van der Waals surface area contributed by atoms with Crippen LogP contribution in [0.2, 0.25) is 0 Å². The quantitative estimate of drug-likeness (QED) is 0.640. The Morgan fingerprint density at radius 1 is 1.11 bits per heavy atom. The zero-order chi connectivity index (χ0) is 20.2. The van der Waals surface area contributed by atoms with Gasteiger partial charge in [0.15, 0.2) is 0 Å². The maximum atomic E-state index is 12.9. The molecule has 1 aliphatic carbocycles. The Morgan fingerprint density at radius 2 is 1.79 bits per heavy atom. The first-order chi connectivity index (χ1) is 13.3. The van der Waals surface area contributed by atoms with E-state index >= 15 is 0 Å². The molecule has 0 saturated heterocycles. The van der Waals surface area contributed by atoms with E-state index in [2.05, 4.69) is 5.32 Å². The van der Waals surface area contributed by atoms with Crippen molar-refractivity contribution in [3.63, 3.8) is 0 Å². The van der Waals surface area contributed by atoms with Crippen LogP contribution in [-0.4, -0.2) is 32.0 Å². The molecule has 0 bridgehead atoms. The summed E-state index contributed by atoms with van der Waals surface area (Å²) in [5, 5.41) is 3.46. The second-order valence-electron chi connectivity index (χ2n) is 7.00. The summed E-state index contributed by atoms with van der Waals surface area (Å²) in [6.45, 7) is 0. The minimum Gasteiger partial charge on any atom is -0.497 e. The summed E-state index contributed by atoms with van der Waals surface area (Å²) in [4.78, 5) is 12.9. The van der Waals surface area contributed by atoms with E-state index < -0.39 is 21.6 Å². The topological polar surface area (TPSA) is 105 Å². The van der Waals surface area contributed by atoms with Gasteiger partial charge in [0.2, 0.25) is 5.91 Å². The van der Waals surface area contributed by atoms with Crippen molar-refractivity contribution >= 4 is 21.9 Å². The summed E-state index contributed by atoms with van der Waals surface area (Å²) in [6.07, 6.45) is 2.22. The van der Waals surface area contributed by atoms with Gasteiger partial charge in [-0.3, -0.25) is 9.35 Å². The predicted molar refractivity (Wildman–Crippen MR) is 107 cm³/mol. The van der Waals surface area contributed by atoms with Gasteiger partial charge in [-0.15, -0.1) is 0 Å². The van der Waals surface area contributed by atoms with Gasteiger partial charge in [-0.1, -0.05) is 30.3 Å². The van der Waals surface area contributed by atoms with Gasteiger partial charge in [0.1, 0.15) is 5.75 Å². The summed E-state index contributed by atoms with van der Waals surface area (Å²) < 4.78 is 38.7. The Kier molecular flexibility index (Phi) is 5.90. The number of anilines is 1. The SMILES string of the molecule is COc1cccc(C2(C(=O)NS(=O)(=O)O)CCC(Nc3ccccc3)CC2)c1. The molecule has 0 aliphatic heterocycles. The van der Waals surface area contributed by atoms with Crippen molar-refractivity contribution in [3.05, 3.63) is 60.2 Å². The van der Waals surface area contributed by atoms with E-state index in [0.717, 1.165) is 5.69 Å². The van der Waals surface area contributed by atoms with E-state index in [-0.39, 0.29) is 6.04 Å². The van der Waals surface area contributed by atoms with Crippen LogP contribution in [0.25, 0.3) is 0 Å². The Labute approximate surface area is 165 Å². The van der Waals surface area contributed by atoms with Crippen LogP contribution in [0.1, 0.15) is 31.2 Å². The molecule has 2 aromatic carbocycles. The molecule has 3 N–H and O–H groups in total. The molecule has 8 heteroatoms. The van der Waals surface area contributed by atoms with Crippen molar-refractivity contribution in [2.75, 3.05) is 12.4 Å². The Balaban J connectivity index is 1.85. The zero-order valence-corrected chi connectivity index (χ0v) is 16.4. The highest BCUT2D eigenvalue weighted by atomic mass is 32.2. The summed E-state index contributed by atoms with van der Waals surface area (Å²) in [7, 11) is -3.11. The number of ether oxygens (including phenoxy) is 1. The smallest absolute Gasteiger partial charge is 0.359 e. The monoisotopic (exact) mass is 404 g/mol. The fourth-order valence-electron chi connectivity index (χ4n) is 3.81. The fraction of sp³-hybridized carbons (Fsp3) is 0.350. The molecule has 7 nitrogen and oxygen atoms in total. The first-order valence-corrected chi connectivity index (χ1v) is 10.5. The van der Waals surface area contributed by atoms with Crippen LogP contribution in [0.3, 0.4) is 0 Å². The third-order valence-corrected chi connectivity index (χ3v) is 5.71. The Hall–Kier alpha value is -2.58. The number of hydrogen-bond donors (Lipinski definition) is 3. The lowest BCUT2D eigenvalue weighted by molar-refractivity contribution is -0.126. The molecule has 0 aromatic heterocycles. The molecule has 0 unspecified atom stereocenters. The summed E-state index contributed by atoms with van der Waals surface area (Å²) in [5.74, 6) is -0.137. The van der Waals surface area contributed by atoms with Crippen molar-refractivity contribution in [3.8, 4) is 5.75 Å². The molecule has 3 rings (SSSR count).